The lowest BCUT2D eigenvalue weighted by Crippen LogP contribution is -2.15. The normalized spacial score (nSPS) is 10.3. The van der Waals surface area contributed by atoms with Gasteiger partial charge < -0.3 is 23.5 Å². The lowest BCUT2D eigenvalue weighted by molar-refractivity contribution is -0.147. The molecule has 0 spiro atoms. The van der Waals surface area contributed by atoms with Crippen molar-refractivity contribution in [1.82, 2.24) is 5.16 Å². The third-order valence-corrected chi connectivity index (χ3v) is 3.73. The first kappa shape index (κ1) is 18.3. The minimum Gasteiger partial charge on any atom is -0.497 e. The van der Waals surface area contributed by atoms with Crippen LogP contribution >= 0.6 is 0 Å². The summed E-state index contributed by atoms with van der Waals surface area (Å²) >= 11 is 0. The maximum Gasteiger partial charge on any atom is 0.344 e. The molecule has 7 heteroatoms. The molecule has 27 heavy (non-hydrogen) atoms. The Balaban J connectivity index is 1.51. The quantitative estimate of drug-likeness (QED) is 0.562. The average Bonchev–Trinajstić information content (AvgIpc) is 3.20. The van der Waals surface area contributed by atoms with Crippen LogP contribution in [0.3, 0.4) is 0 Å². The van der Waals surface area contributed by atoms with Crippen molar-refractivity contribution in [3.63, 3.8) is 0 Å². The lowest BCUT2D eigenvalue weighted by Gasteiger charge is -2.09. The minimum absolute atomic E-state index is 0.00618. The summed E-state index contributed by atoms with van der Waals surface area (Å²) in [6.45, 7) is -0.239. The highest BCUT2D eigenvalue weighted by atomic mass is 16.6. The van der Waals surface area contributed by atoms with Crippen LogP contribution in [-0.4, -0.2) is 32.0 Å². The fraction of sp³-hybridized carbons (Fsp3) is 0.200. The van der Waals surface area contributed by atoms with Crippen molar-refractivity contribution in [2.24, 2.45) is 0 Å². The number of aromatic nitrogens is 1. The predicted molar refractivity (Wildman–Crippen MR) is 96.8 cm³/mol. The molecule has 0 amide bonds. The molecule has 0 saturated heterocycles. The number of para-hydroxylation sites is 2. The van der Waals surface area contributed by atoms with E-state index < -0.39 is 5.97 Å². The Kier molecular flexibility index (Phi) is 5.94. The van der Waals surface area contributed by atoms with Crippen LogP contribution in [0.2, 0.25) is 0 Å². The molecule has 0 bridgehead atoms. The number of esters is 1. The van der Waals surface area contributed by atoms with Gasteiger partial charge in [0.2, 0.25) is 0 Å². The second kappa shape index (κ2) is 8.75. The molecule has 1 aromatic heterocycles. The van der Waals surface area contributed by atoms with E-state index in [-0.39, 0.29) is 13.2 Å². The maximum atomic E-state index is 11.9. The van der Waals surface area contributed by atoms with Crippen molar-refractivity contribution in [2.45, 2.75) is 6.61 Å². The van der Waals surface area contributed by atoms with Gasteiger partial charge in [-0.25, -0.2) is 4.79 Å². The molecular weight excluding hydrogens is 350 g/mol. The molecule has 0 saturated carbocycles. The summed E-state index contributed by atoms with van der Waals surface area (Å²) < 4.78 is 26.1. The molecule has 0 fully saturated rings. The highest BCUT2D eigenvalue weighted by molar-refractivity contribution is 5.71. The van der Waals surface area contributed by atoms with E-state index in [4.69, 9.17) is 23.5 Å². The summed E-state index contributed by atoms with van der Waals surface area (Å²) in [4.78, 5) is 11.9. The molecular formula is C20H19NO6. The van der Waals surface area contributed by atoms with Gasteiger partial charge in [-0.15, -0.1) is 0 Å². The predicted octanol–water partition coefficient (Wildman–Crippen LogP) is 3.48. The van der Waals surface area contributed by atoms with Crippen LogP contribution in [0.1, 0.15) is 5.69 Å². The third kappa shape index (κ3) is 4.78. The molecule has 3 aromatic rings. The topological polar surface area (TPSA) is 80.0 Å². The van der Waals surface area contributed by atoms with E-state index in [1.165, 1.54) is 7.11 Å². The highest BCUT2D eigenvalue weighted by Crippen LogP contribution is 2.26. The zero-order chi connectivity index (χ0) is 19.1. The van der Waals surface area contributed by atoms with Crippen molar-refractivity contribution in [1.29, 1.82) is 0 Å². The average molecular weight is 369 g/mol. The standard InChI is InChI=1S/C20H19NO6/c1-23-16-9-7-14(8-10-16)19-11-15(21-27-19)12-26-20(22)13-25-18-6-4-3-5-17(18)24-2/h3-11H,12-13H2,1-2H3. The van der Waals surface area contributed by atoms with Crippen LogP contribution in [0.5, 0.6) is 17.2 Å². The molecule has 0 unspecified atom stereocenters. The molecule has 0 aliphatic heterocycles. The van der Waals surface area contributed by atoms with Crippen LogP contribution in [0.15, 0.2) is 59.1 Å². The van der Waals surface area contributed by atoms with E-state index >= 15 is 0 Å². The zero-order valence-corrected chi connectivity index (χ0v) is 15.0. The van der Waals surface area contributed by atoms with Gasteiger partial charge in [0.25, 0.3) is 0 Å². The number of nitrogens with zero attached hydrogens (tertiary/aromatic N) is 1. The van der Waals surface area contributed by atoms with Crippen LogP contribution in [0, 0.1) is 0 Å². The van der Waals surface area contributed by atoms with Gasteiger partial charge in [0.05, 0.1) is 14.2 Å². The Bertz CT molecular complexity index is 887. The highest BCUT2D eigenvalue weighted by Gasteiger charge is 2.11. The number of hydrogen-bond acceptors (Lipinski definition) is 7. The van der Waals surface area contributed by atoms with Gasteiger partial charge in [-0.05, 0) is 36.4 Å². The van der Waals surface area contributed by atoms with Crippen molar-refractivity contribution in [2.75, 3.05) is 20.8 Å². The van der Waals surface area contributed by atoms with Crippen molar-refractivity contribution in [3.8, 4) is 28.6 Å². The number of carbonyl (C=O) groups excluding carboxylic acids is 1. The molecule has 140 valence electrons. The first-order chi connectivity index (χ1) is 13.2. The molecule has 0 aliphatic carbocycles. The molecule has 0 atom stereocenters. The number of benzene rings is 2. The molecule has 1 heterocycles. The Hall–Kier alpha value is -3.48. The van der Waals surface area contributed by atoms with E-state index in [1.54, 1.807) is 31.4 Å². The SMILES string of the molecule is COc1ccc(-c2cc(COC(=O)COc3ccccc3OC)no2)cc1. The molecule has 0 N–H and O–H groups in total. The first-order valence-electron chi connectivity index (χ1n) is 8.21. The maximum absolute atomic E-state index is 11.9. The summed E-state index contributed by atoms with van der Waals surface area (Å²) in [5.74, 6) is 1.83. The Labute approximate surface area is 156 Å². The largest absolute Gasteiger partial charge is 0.497 e. The summed E-state index contributed by atoms with van der Waals surface area (Å²) in [5.41, 5.74) is 1.35. The molecule has 3 rings (SSSR count). The summed E-state index contributed by atoms with van der Waals surface area (Å²) in [6.07, 6.45) is 0. The van der Waals surface area contributed by atoms with Gasteiger partial charge in [0, 0.05) is 11.6 Å². The van der Waals surface area contributed by atoms with Crippen LogP contribution in [0.4, 0.5) is 0 Å². The second-order valence-electron chi connectivity index (χ2n) is 5.51. The Morgan fingerprint density at radius 3 is 2.44 bits per heavy atom. The fourth-order valence-corrected chi connectivity index (χ4v) is 2.34. The Morgan fingerprint density at radius 2 is 1.74 bits per heavy atom. The number of methoxy groups -OCH3 is 2. The van der Waals surface area contributed by atoms with Crippen molar-refractivity contribution in [3.05, 3.63) is 60.3 Å². The Morgan fingerprint density at radius 1 is 1.00 bits per heavy atom. The van der Waals surface area contributed by atoms with Gasteiger partial charge in [-0.1, -0.05) is 17.3 Å². The van der Waals surface area contributed by atoms with Gasteiger partial charge in [0.15, 0.2) is 23.9 Å². The molecule has 7 nitrogen and oxygen atoms in total. The number of hydrogen-bond donors (Lipinski definition) is 0. The summed E-state index contributed by atoms with van der Waals surface area (Å²) in [7, 11) is 3.14. The number of rotatable bonds is 8. The van der Waals surface area contributed by atoms with Crippen LogP contribution in [-0.2, 0) is 16.1 Å². The van der Waals surface area contributed by atoms with Crippen LogP contribution < -0.4 is 14.2 Å². The van der Waals surface area contributed by atoms with E-state index in [0.717, 1.165) is 11.3 Å². The number of carbonyl (C=O) groups is 1. The molecule has 0 aliphatic rings. The minimum atomic E-state index is -0.519. The number of ether oxygens (including phenoxy) is 4. The van der Waals surface area contributed by atoms with Gasteiger partial charge >= 0.3 is 5.97 Å². The first-order valence-corrected chi connectivity index (χ1v) is 8.21. The molecule has 0 radical (unpaired) electrons. The monoisotopic (exact) mass is 369 g/mol. The molecule has 2 aromatic carbocycles. The van der Waals surface area contributed by atoms with E-state index in [1.807, 2.05) is 30.3 Å². The van der Waals surface area contributed by atoms with E-state index in [2.05, 4.69) is 5.16 Å². The van der Waals surface area contributed by atoms with E-state index in [0.29, 0.717) is 23.0 Å². The summed E-state index contributed by atoms with van der Waals surface area (Å²) in [6, 6.07) is 16.2. The third-order valence-electron chi connectivity index (χ3n) is 3.73. The van der Waals surface area contributed by atoms with Crippen molar-refractivity contribution < 1.29 is 28.3 Å². The summed E-state index contributed by atoms with van der Waals surface area (Å²) in [5, 5.41) is 3.91. The van der Waals surface area contributed by atoms with E-state index in [9.17, 15) is 4.79 Å². The van der Waals surface area contributed by atoms with Gasteiger partial charge in [-0.2, -0.15) is 0 Å². The zero-order valence-electron chi connectivity index (χ0n) is 15.0. The lowest BCUT2D eigenvalue weighted by atomic mass is 10.1. The van der Waals surface area contributed by atoms with Crippen molar-refractivity contribution >= 4 is 5.97 Å². The van der Waals surface area contributed by atoms with Crippen LogP contribution in [0.25, 0.3) is 11.3 Å². The smallest absolute Gasteiger partial charge is 0.344 e. The van der Waals surface area contributed by atoms with Gasteiger partial charge in [0.1, 0.15) is 18.1 Å². The second-order valence-corrected chi connectivity index (χ2v) is 5.51. The van der Waals surface area contributed by atoms with Gasteiger partial charge in [-0.3, -0.25) is 0 Å². The fourth-order valence-electron chi connectivity index (χ4n) is 2.34.